The summed E-state index contributed by atoms with van der Waals surface area (Å²) in [5, 5.41) is 0.716. The molecule has 0 bridgehead atoms. The molecule has 0 fully saturated rings. The maximum atomic E-state index is 13.6. The number of fused-ring (bicyclic) bond motifs is 1. The van der Waals surface area contributed by atoms with Gasteiger partial charge in [-0.2, -0.15) is 0 Å². The molecule has 0 N–H and O–H groups in total. The zero-order valence-electron chi connectivity index (χ0n) is 13.7. The highest BCUT2D eigenvalue weighted by Gasteiger charge is 2.50. The van der Waals surface area contributed by atoms with Gasteiger partial charge in [-0.15, -0.1) is 13.2 Å². The predicted octanol–water partition coefficient (Wildman–Crippen LogP) is 3.66. The van der Waals surface area contributed by atoms with Crippen LogP contribution < -0.4 is 12.4 Å². The largest absolute Gasteiger partial charge is 1.00 e. The van der Waals surface area contributed by atoms with Gasteiger partial charge in [-0.3, -0.25) is 0 Å². The van der Waals surface area contributed by atoms with Gasteiger partial charge in [-0.1, -0.05) is 47.6 Å². The van der Waals surface area contributed by atoms with E-state index in [0.717, 1.165) is 5.56 Å². The second-order valence-electron chi connectivity index (χ2n) is 7.51. The Kier molecular flexibility index (Phi) is 5.02. The van der Waals surface area contributed by atoms with Crippen LogP contribution in [0.2, 0.25) is 0 Å². The molecule has 0 aliphatic heterocycles. The van der Waals surface area contributed by atoms with Crippen LogP contribution in [0.3, 0.4) is 0 Å². The molecule has 1 heterocycles. The first-order valence-corrected chi connectivity index (χ1v) is 8.22. The molecule has 2 aromatic rings. The van der Waals surface area contributed by atoms with E-state index in [4.69, 9.17) is 0 Å². The van der Waals surface area contributed by atoms with Crippen LogP contribution in [-0.4, -0.2) is 0 Å². The molecular formula is C17H22ClF3S. The minimum atomic E-state index is -4.22. The average molecular weight is 351 g/mol. The van der Waals surface area contributed by atoms with E-state index in [-0.39, 0.29) is 17.8 Å². The summed E-state index contributed by atoms with van der Waals surface area (Å²) < 4.78 is 41.3. The van der Waals surface area contributed by atoms with Crippen molar-refractivity contribution in [2.75, 3.05) is 0 Å². The van der Waals surface area contributed by atoms with Crippen LogP contribution in [0.5, 0.6) is 0 Å². The third-order valence-electron chi connectivity index (χ3n) is 3.58. The second-order valence-corrected chi connectivity index (χ2v) is 9.47. The summed E-state index contributed by atoms with van der Waals surface area (Å²) >= 11 is 0. The molecular weight excluding hydrogens is 329 g/mol. The molecule has 1 aromatic carbocycles. The molecule has 0 amide bonds. The third-order valence-corrected chi connectivity index (χ3v) is 6.00. The van der Waals surface area contributed by atoms with Crippen molar-refractivity contribution < 1.29 is 25.6 Å². The fourth-order valence-corrected chi connectivity index (χ4v) is 4.59. The van der Waals surface area contributed by atoms with Crippen molar-refractivity contribution in [2.24, 2.45) is 0 Å². The van der Waals surface area contributed by atoms with Crippen LogP contribution in [0.15, 0.2) is 24.3 Å². The second kappa shape index (κ2) is 5.72. The Bertz CT molecular complexity index is 670. The van der Waals surface area contributed by atoms with Gasteiger partial charge in [-0.05, 0) is 17.0 Å². The normalized spacial score (nSPS) is 14.1. The van der Waals surface area contributed by atoms with Crippen molar-refractivity contribution in [1.29, 1.82) is 0 Å². The number of alkyl halides is 3. The predicted molar refractivity (Wildman–Crippen MR) is 85.1 cm³/mol. The lowest BCUT2D eigenvalue weighted by atomic mass is 9.87. The van der Waals surface area contributed by atoms with Gasteiger partial charge in [0.15, 0.2) is 9.58 Å². The molecule has 0 aliphatic carbocycles. The molecule has 124 valence electrons. The van der Waals surface area contributed by atoms with E-state index in [9.17, 15) is 13.2 Å². The van der Waals surface area contributed by atoms with E-state index in [1.165, 1.54) is 0 Å². The summed E-state index contributed by atoms with van der Waals surface area (Å²) in [6.07, 6.45) is 0. The van der Waals surface area contributed by atoms with Crippen LogP contribution in [0, 0.1) is 0 Å². The molecule has 0 spiro atoms. The zero-order chi connectivity index (χ0) is 16.2. The highest BCUT2D eigenvalue weighted by atomic mass is 35.5. The number of thiophene rings is 1. The Morgan fingerprint density at radius 1 is 0.818 bits per heavy atom. The first-order valence-electron chi connectivity index (χ1n) is 6.99. The van der Waals surface area contributed by atoms with Crippen molar-refractivity contribution in [3.8, 4) is 0 Å². The molecule has 2 rings (SSSR count). The fraction of sp³-hybridized carbons (Fsp3) is 0.529. The van der Waals surface area contributed by atoms with E-state index in [0.29, 0.717) is 15.0 Å². The van der Waals surface area contributed by atoms with Crippen molar-refractivity contribution in [2.45, 2.75) is 57.9 Å². The molecule has 22 heavy (non-hydrogen) atoms. The van der Waals surface area contributed by atoms with Gasteiger partial charge in [0.2, 0.25) is 0 Å². The van der Waals surface area contributed by atoms with Gasteiger partial charge in [0.05, 0.1) is 10.5 Å². The van der Waals surface area contributed by atoms with Crippen molar-refractivity contribution in [3.05, 3.63) is 34.7 Å². The maximum Gasteiger partial charge on any atom is 0.600 e. The van der Waals surface area contributed by atoms with Crippen LogP contribution in [0.1, 0.15) is 52.0 Å². The topological polar surface area (TPSA) is 0 Å². The summed E-state index contributed by atoms with van der Waals surface area (Å²) in [4.78, 5) is 0.482. The fourth-order valence-electron chi connectivity index (χ4n) is 2.39. The van der Waals surface area contributed by atoms with Gasteiger partial charge in [0.1, 0.15) is 0 Å². The number of hydrogen-bond donors (Lipinski definition) is 0. The van der Waals surface area contributed by atoms with Crippen LogP contribution in [0.4, 0.5) is 13.2 Å². The maximum absolute atomic E-state index is 13.6. The van der Waals surface area contributed by atoms with Gasteiger partial charge >= 0.3 is 5.51 Å². The first-order chi connectivity index (χ1) is 9.32. The summed E-state index contributed by atoms with van der Waals surface area (Å²) in [6.45, 7) is 11.6. The molecule has 1 unspecified atom stereocenters. The van der Waals surface area contributed by atoms with Gasteiger partial charge in [-0.25, -0.2) is 0 Å². The van der Waals surface area contributed by atoms with Crippen LogP contribution in [0.25, 0.3) is 10.1 Å². The molecule has 0 aliphatic rings. The van der Waals surface area contributed by atoms with Crippen molar-refractivity contribution in [3.63, 3.8) is 0 Å². The molecule has 0 saturated carbocycles. The number of halogens is 4. The number of hydrogen-bond acceptors (Lipinski definition) is 0. The average Bonchev–Trinajstić information content (AvgIpc) is 2.64. The summed E-state index contributed by atoms with van der Waals surface area (Å²) in [6, 6.07) is 7.26. The Hall–Kier alpha value is -0.740. The Morgan fingerprint density at radius 2 is 1.36 bits per heavy atom. The highest BCUT2D eigenvalue weighted by Crippen LogP contribution is 2.54. The lowest BCUT2D eigenvalue weighted by Gasteiger charge is -2.18. The zero-order valence-corrected chi connectivity index (χ0v) is 15.3. The minimum Gasteiger partial charge on any atom is -1.00 e. The lowest BCUT2D eigenvalue weighted by molar-refractivity contribution is -0.0869. The van der Waals surface area contributed by atoms with E-state index < -0.39 is 21.4 Å². The summed E-state index contributed by atoms with van der Waals surface area (Å²) in [5.74, 6) is 0. The quantitative estimate of drug-likeness (QED) is 0.636. The Labute approximate surface area is 139 Å². The van der Waals surface area contributed by atoms with Gasteiger partial charge < -0.3 is 12.4 Å². The molecule has 1 atom stereocenters. The lowest BCUT2D eigenvalue weighted by Crippen LogP contribution is -3.00. The monoisotopic (exact) mass is 350 g/mol. The van der Waals surface area contributed by atoms with E-state index in [1.807, 2.05) is 53.7 Å². The molecule has 0 nitrogen and oxygen atoms in total. The SMILES string of the molecule is CC(C)(C)c1ccc2cc(C(C)(C)C)[s+](C(F)(F)F)c2c1.[Cl-]. The van der Waals surface area contributed by atoms with E-state index in [1.54, 1.807) is 12.1 Å². The van der Waals surface area contributed by atoms with E-state index >= 15 is 0 Å². The van der Waals surface area contributed by atoms with Crippen LogP contribution >= 0.6 is 10.5 Å². The third kappa shape index (κ3) is 3.60. The number of benzene rings is 1. The smallest absolute Gasteiger partial charge is 0.600 e. The highest BCUT2D eigenvalue weighted by molar-refractivity contribution is 7.38. The molecule has 0 saturated heterocycles. The van der Waals surface area contributed by atoms with Gasteiger partial charge in [0.25, 0.3) is 0 Å². The first kappa shape index (κ1) is 19.3. The Morgan fingerprint density at radius 3 is 1.77 bits per heavy atom. The molecule has 0 radical (unpaired) electrons. The van der Waals surface area contributed by atoms with Crippen LogP contribution in [-0.2, 0) is 16.3 Å². The molecule has 1 aromatic heterocycles. The molecule has 5 heteroatoms. The number of rotatable bonds is 0. The minimum absolute atomic E-state index is 0. The van der Waals surface area contributed by atoms with E-state index in [2.05, 4.69) is 0 Å². The summed E-state index contributed by atoms with van der Waals surface area (Å²) in [5.41, 5.74) is -3.91. The van der Waals surface area contributed by atoms with Crippen molar-refractivity contribution in [1.82, 2.24) is 0 Å². The standard InChI is InChI=1S/C17H22F3S.ClH/c1-15(2,3)12-8-7-11-9-14(16(4,5)6)21(13(11)10-12)17(18,19)20;/h7-10H,1-6H3;1H/q+1;/p-1. The van der Waals surface area contributed by atoms with Gasteiger partial charge in [0, 0.05) is 22.9 Å². The van der Waals surface area contributed by atoms with Crippen molar-refractivity contribution >= 4 is 20.6 Å². The summed E-state index contributed by atoms with van der Waals surface area (Å²) in [7, 11) is -1.81. The Balaban J connectivity index is 0.00000242.